The van der Waals surface area contributed by atoms with Crippen LogP contribution in [-0.4, -0.2) is 18.8 Å². The van der Waals surface area contributed by atoms with Crippen LogP contribution in [0, 0.1) is 0 Å². The molecule has 6 heteroatoms. The smallest absolute Gasteiger partial charge is 0.250 e. The van der Waals surface area contributed by atoms with Crippen LogP contribution in [0.25, 0.3) is 0 Å². The van der Waals surface area contributed by atoms with Gasteiger partial charge in [0.2, 0.25) is 5.56 Å². The summed E-state index contributed by atoms with van der Waals surface area (Å²) >= 11 is 6.16. The average Bonchev–Trinajstić information content (AvgIpc) is 2.47. The predicted octanol–water partition coefficient (Wildman–Crippen LogP) is 2.67. The van der Waals surface area contributed by atoms with Gasteiger partial charge in [-0.3, -0.25) is 4.79 Å². The highest BCUT2D eigenvalue weighted by Gasteiger charge is 2.10. The number of aromatic nitrogens is 1. The van der Waals surface area contributed by atoms with Gasteiger partial charge in [0.1, 0.15) is 0 Å². The monoisotopic (exact) mass is 308 g/mol. The molecule has 0 spiro atoms. The Bertz CT molecular complexity index is 698. The van der Waals surface area contributed by atoms with E-state index in [1.807, 2.05) is 12.1 Å². The molecule has 0 aliphatic rings. The number of methoxy groups -OCH3 is 2. The third kappa shape index (κ3) is 3.49. The summed E-state index contributed by atoms with van der Waals surface area (Å²) < 4.78 is 12.0. The number of nitrogens with zero attached hydrogens (tertiary/aromatic N) is 1. The second-order valence-electron chi connectivity index (χ2n) is 4.53. The molecule has 0 aliphatic carbocycles. The zero-order chi connectivity index (χ0) is 15.4. The minimum absolute atomic E-state index is 0.0466. The summed E-state index contributed by atoms with van der Waals surface area (Å²) in [6, 6.07) is 6.94. The summed E-state index contributed by atoms with van der Waals surface area (Å²) in [5.74, 6) is 1.10. The number of hydrogen-bond donors (Lipinski definition) is 1. The van der Waals surface area contributed by atoms with Crippen molar-refractivity contribution >= 4 is 17.3 Å². The molecule has 0 saturated heterocycles. The topological polar surface area (TPSA) is 52.5 Å². The van der Waals surface area contributed by atoms with Crippen molar-refractivity contribution < 1.29 is 9.47 Å². The van der Waals surface area contributed by atoms with E-state index >= 15 is 0 Å². The van der Waals surface area contributed by atoms with Gasteiger partial charge in [0.15, 0.2) is 11.5 Å². The Labute approximate surface area is 128 Å². The number of anilines is 1. The minimum atomic E-state index is -0.0466. The minimum Gasteiger partial charge on any atom is -0.493 e. The van der Waals surface area contributed by atoms with Crippen molar-refractivity contribution in [1.29, 1.82) is 0 Å². The van der Waals surface area contributed by atoms with E-state index < -0.39 is 0 Å². The number of ether oxygens (including phenoxy) is 2. The lowest BCUT2D eigenvalue weighted by Crippen LogP contribution is -2.15. The maximum atomic E-state index is 11.3. The fourth-order valence-corrected chi connectivity index (χ4v) is 2.29. The summed E-state index contributed by atoms with van der Waals surface area (Å²) in [6.07, 6.45) is 1.74. The Balaban J connectivity index is 2.18. The van der Waals surface area contributed by atoms with Crippen molar-refractivity contribution in [1.82, 2.24) is 4.57 Å². The highest BCUT2D eigenvalue weighted by molar-refractivity contribution is 6.32. The number of hydrogen-bond acceptors (Lipinski definition) is 4. The standard InChI is InChI=1S/C15H17ClN2O3/c1-18-9-11(4-5-14(18)19)17-8-10-6-12(16)15(21-3)13(7-10)20-2/h4-7,9,17H,8H2,1-3H3. The first-order chi connectivity index (χ1) is 10.0. The van der Waals surface area contributed by atoms with E-state index in [9.17, 15) is 4.79 Å². The molecule has 1 heterocycles. The fraction of sp³-hybridized carbons (Fsp3) is 0.267. The third-order valence-corrected chi connectivity index (χ3v) is 3.36. The number of benzene rings is 1. The van der Waals surface area contributed by atoms with E-state index in [1.54, 1.807) is 33.5 Å². The van der Waals surface area contributed by atoms with Gasteiger partial charge in [0.05, 0.1) is 24.9 Å². The van der Waals surface area contributed by atoms with Gasteiger partial charge in [-0.25, -0.2) is 0 Å². The lowest BCUT2D eigenvalue weighted by molar-refractivity contribution is 0.355. The molecule has 0 aliphatic heterocycles. The highest BCUT2D eigenvalue weighted by Crippen LogP contribution is 2.36. The lowest BCUT2D eigenvalue weighted by atomic mass is 10.2. The quantitative estimate of drug-likeness (QED) is 0.922. The first kappa shape index (κ1) is 15.3. The Morgan fingerprint density at radius 2 is 2.00 bits per heavy atom. The maximum absolute atomic E-state index is 11.3. The molecule has 0 bridgehead atoms. The molecule has 21 heavy (non-hydrogen) atoms. The predicted molar refractivity (Wildman–Crippen MR) is 83.6 cm³/mol. The summed E-state index contributed by atoms with van der Waals surface area (Å²) in [7, 11) is 4.82. The van der Waals surface area contributed by atoms with Gasteiger partial charge in [-0.2, -0.15) is 0 Å². The number of nitrogens with one attached hydrogen (secondary N) is 1. The summed E-state index contributed by atoms with van der Waals surface area (Å²) in [5, 5.41) is 3.72. The largest absolute Gasteiger partial charge is 0.493 e. The molecule has 0 unspecified atom stereocenters. The molecule has 1 N–H and O–H groups in total. The number of pyridine rings is 1. The zero-order valence-electron chi connectivity index (χ0n) is 12.1. The molecule has 5 nitrogen and oxygen atoms in total. The van der Waals surface area contributed by atoms with Crippen LogP contribution in [0.3, 0.4) is 0 Å². The van der Waals surface area contributed by atoms with Gasteiger partial charge < -0.3 is 19.4 Å². The average molecular weight is 309 g/mol. The normalized spacial score (nSPS) is 10.3. The van der Waals surface area contributed by atoms with Crippen LogP contribution in [-0.2, 0) is 13.6 Å². The molecule has 112 valence electrons. The van der Waals surface area contributed by atoms with Gasteiger partial charge in [0.25, 0.3) is 0 Å². The van der Waals surface area contributed by atoms with E-state index in [-0.39, 0.29) is 5.56 Å². The van der Waals surface area contributed by atoms with E-state index in [0.717, 1.165) is 11.3 Å². The second-order valence-corrected chi connectivity index (χ2v) is 4.94. The first-order valence-corrected chi connectivity index (χ1v) is 6.74. The van der Waals surface area contributed by atoms with Gasteiger partial charge in [-0.15, -0.1) is 0 Å². The van der Waals surface area contributed by atoms with E-state index in [0.29, 0.717) is 23.1 Å². The Kier molecular flexibility index (Phi) is 4.75. The number of halogens is 1. The van der Waals surface area contributed by atoms with Crippen molar-refractivity contribution in [3.05, 3.63) is 51.4 Å². The van der Waals surface area contributed by atoms with Crippen LogP contribution < -0.4 is 20.3 Å². The van der Waals surface area contributed by atoms with Gasteiger partial charge in [-0.05, 0) is 23.8 Å². The Hall–Kier alpha value is -2.14. The van der Waals surface area contributed by atoms with Crippen LogP contribution in [0.4, 0.5) is 5.69 Å². The summed E-state index contributed by atoms with van der Waals surface area (Å²) in [4.78, 5) is 11.3. The third-order valence-electron chi connectivity index (χ3n) is 3.08. The van der Waals surface area contributed by atoms with Crippen LogP contribution in [0.1, 0.15) is 5.56 Å². The molecule has 0 saturated carbocycles. The van der Waals surface area contributed by atoms with Crippen molar-refractivity contribution in [2.75, 3.05) is 19.5 Å². The van der Waals surface area contributed by atoms with Crippen LogP contribution >= 0.6 is 11.6 Å². The number of aryl methyl sites for hydroxylation is 1. The summed E-state index contributed by atoms with van der Waals surface area (Å²) in [5.41, 5.74) is 1.75. The zero-order valence-corrected chi connectivity index (χ0v) is 12.9. The SMILES string of the molecule is COc1cc(CNc2ccc(=O)n(C)c2)cc(Cl)c1OC. The van der Waals surface area contributed by atoms with E-state index in [2.05, 4.69) is 5.32 Å². The van der Waals surface area contributed by atoms with Crippen molar-refractivity contribution in [3.63, 3.8) is 0 Å². The van der Waals surface area contributed by atoms with E-state index in [1.165, 1.54) is 10.6 Å². The fourth-order valence-electron chi connectivity index (χ4n) is 1.98. The number of rotatable bonds is 5. The first-order valence-electron chi connectivity index (χ1n) is 6.36. The molecule has 0 amide bonds. The molecule has 0 atom stereocenters. The van der Waals surface area contributed by atoms with E-state index in [4.69, 9.17) is 21.1 Å². The highest BCUT2D eigenvalue weighted by atomic mass is 35.5. The summed E-state index contributed by atoms with van der Waals surface area (Å²) in [6.45, 7) is 0.554. The lowest BCUT2D eigenvalue weighted by Gasteiger charge is -2.13. The molecule has 2 aromatic rings. The maximum Gasteiger partial charge on any atom is 0.250 e. The van der Waals surface area contributed by atoms with Crippen LogP contribution in [0.5, 0.6) is 11.5 Å². The molecule has 1 aromatic heterocycles. The molecular formula is C15H17ClN2O3. The molecule has 2 rings (SSSR count). The Morgan fingerprint density at radius 3 is 2.62 bits per heavy atom. The van der Waals surface area contributed by atoms with Gasteiger partial charge in [0, 0.05) is 25.9 Å². The second kappa shape index (κ2) is 6.54. The van der Waals surface area contributed by atoms with Crippen molar-refractivity contribution in [3.8, 4) is 11.5 Å². The van der Waals surface area contributed by atoms with Crippen molar-refractivity contribution in [2.24, 2.45) is 7.05 Å². The molecule has 0 fully saturated rings. The van der Waals surface area contributed by atoms with Crippen LogP contribution in [0.15, 0.2) is 35.3 Å². The Morgan fingerprint density at radius 1 is 1.24 bits per heavy atom. The van der Waals surface area contributed by atoms with Crippen molar-refractivity contribution in [2.45, 2.75) is 6.54 Å². The molecule has 0 radical (unpaired) electrons. The van der Waals surface area contributed by atoms with Crippen LogP contribution in [0.2, 0.25) is 5.02 Å². The molecule has 1 aromatic carbocycles. The van der Waals surface area contributed by atoms with Gasteiger partial charge in [-0.1, -0.05) is 11.6 Å². The van der Waals surface area contributed by atoms with Gasteiger partial charge >= 0.3 is 0 Å². The molecular weight excluding hydrogens is 292 g/mol.